The van der Waals surface area contributed by atoms with Gasteiger partial charge in [-0.15, -0.1) is 0 Å². The monoisotopic (exact) mass is 752 g/mol. The van der Waals surface area contributed by atoms with Crippen LogP contribution in [0.2, 0.25) is 0 Å². The Morgan fingerprint density at radius 1 is 0.944 bits per heavy atom. The molecule has 298 valence electrons. The number of alkyl carbamates (subject to hydrolysis) is 1. The number of piperidine rings is 1. The van der Waals surface area contributed by atoms with Gasteiger partial charge in [0.05, 0.1) is 25.0 Å². The largest absolute Gasteiger partial charge is 0.444 e. The van der Waals surface area contributed by atoms with Gasteiger partial charge in [-0.05, 0) is 68.8 Å². The summed E-state index contributed by atoms with van der Waals surface area (Å²) in [4.78, 5) is 96.5. The number of Topliss-reactive ketones (excluding diaryl/α,β-unsaturated/α-hetero) is 1. The summed E-state index contributed by atoms with van der Waals surface area (Å²) in [5.74, 6) is -3.84. The normalized spacial score (nSPS) is 22.1. The number of fused-ring (bicyclic) bond motifs is 1. The average Bonchev–Trinajstić information content (AvgIpc) is 3.42. The highest BCUT2D eigenvalue weighted by atomic mass is 16.6. The molecular formula is C40H60N6O8. The third-order valence-electron chi connectivity index (χ3n) is 11.1. The summed E-state index contributed by atoms with van der Waals surface area (Å²) >= 11 is 0. The summed E-state index contributed by atoms with van der Waals surface area (Å²) < 4.78 is 5.52. The van der Waals surface area contributed by atoms with Gasteiger partial charge in [0.2, 0.25) is 29.4 Å². The Bertz CT molecular complexity index is 1550. The SMILES string of the molecule is CCC[C@H](NC(=O)[C@@H]1[C@@H]2[C@H](CN1C(=O)[C@@H](NC(=O)OC(C)(C)C)C1CCCCC1)C2(C)C)C(=O)C(=O)NCC(=O)N[C@H](CC(=O)N(C)C)c1ccccc1. The molecule has 4 N–H and O–H groups in total. The topological polar surface area (TPSA) is 183 Å². The molecule has 3 aliphatic rings. The molecule has 54 heavy (non-hydrogen) atoms. The Kier molecular flexibility index (Phi) is 13.9. The molecule has 6 atom stereocenters. The van der Waals surface area contributed by atoms with E-state index >= 15 is 0 Å². The molecule has 0 aromatic heterocycles. The van der Waals surface area contributed by atoms with Gasteiger partial charge in [-0.25, -0.2) is 4.79 Å². The Balaban J connectivity index is 1.44. The zero-order valence-corrected chi connectivity index (χ0v) is 33.2. The van der Waals surface area contributed by atoms with E-state index in [1.807, 2.05) is 26.8 Å². The fourth-order valence-electron chi connectivity index (χ4n) is 8.04. The summed E-state index contributed by atoms with van der Waals surface area (Å²) in [6.45, 7) is 11.0. The highest BCUT2D eigenvalue weighted by molar-refractivity contribution is 6.38. The van der Waals surface area contributed by atoms with E-state index in [-0.39, 0.29) is 47.8 Å². The number of hydrogen-bond donors (Lipinski definition) is 4. The quantitative estimate of drug-likeness (QED) is 0.197. The maximum atomic E-state index is 14.4. The molecule has 1 heterocycles. The number of amides is 6. The standard InChI is InChI=1S/C40H60N6O8/c1-9-16-27(34(49)36(51)41-22-29(47)42-28(21-30(48)45(7)8)24-17-12-10-13-18-24)43-35(50)33-31-26(40(31,5)6)23-46(33)37(52)32(25-19-14-11-15-20-25)44-38(53)54-39(2,3)4/h10,12-13,17-18,25-28,31-33H,9,11,14-16,19-23H2,1-8H3,(H,41,51)(H,42,47)(H,43,50)(H,44,53)/t26-,27-,28+,31-,32-,33-/m0/s1. The first-order valence-electron chi connectivity index (χ1n) is 19.3. The summed E-state index contributed by atoms with van der Waals surface area (Å²) in [6, 6.07) is 5.35. The van der Waals surface area contributed by atoms with Crippen LogP contribution in [0.4, 0.5) is 4.79 Å². The van der Waals surface area contributed by atoms with Crippen molar-refractivity contribution in [2.75, 3.05) is 27.2 Å². The maximum absolute atomic E-state index is 14.4. The number of carbonyl (C=O) groups is 7. The Labute approximate surface area is 319 Å². The van der Waals surface area contributed by atoms with Gasteiger partial charge in [0.15, 0.2) is 0 Å². The van der Waals surface area contributed by atoms with Crippen molar-refractivity contribution in [3.63, 3.8) is 0 Å². The average molecular weight is 753 g/mol. The molecule has 0 radical (unpaired) electrons. The van der Waals surface area contributed by atoms with Crippen molar-refractivity contribution >= 4 is 41.4 Å². The number of nitrogens with zero attached hydrogens (tertiary/aromatic N) is 2. The first-order chi connectivity index (χ1) is 25.3. The molecule has 3 fully saturated rings. The number of carbonyl (C=O) groups excluding carboxylic acids is 7. The van der Waals surface area contributed by atoms with Crippen LogP contribution in [0.15, 0.2) is 30.3 Å². The molecule has 4 rings (SSSR count). The highest BCUT2D eigenvalue weighted by Crippen LogP contribution is 2.65. The summed E-state index contributed by atoms with van der Waals surface area (Å²) in [5, 5.41) is 10.8. The van der Waals surface area contributed by atoms with E-state index < -0.39 is 65.9 Å². The van der Waals surface area contributed by atoms with Gasteiger partial charge in [-0.2, -0.15) is 0 Å². The van der Waals surface area contributed by atoms with Crippen molar-refractivity contribution in [2.45, 2.75) is 123 Å². The second-order valence-electron chi connectivity index (χ2n) is 16.8. The number of rotatable bonds is 15. The molecule has 1 aromatic rings. The van der Waals surface area contributed by atoms with Gasteiger partial charge < -0.3 is 35.8 Å². The third-order valence-corrected chi connectivity index (χ3v) is 11.1. The first kappa shape index (κ1) is 42.3. The van der Waals surface area contributed by atoms with Gasteiger partial charge in [0.25, 0.3) is 5.91 Å². The van der Waals surface area contributed by atoms with Crippen LogP contribution in [0.5, 0.6) is 0 Å². The number of nitrogens with one attached hydrogen (secondary N) is 4. The lowest BCUT2D eigenvalue weighted by Crippen LogP contribution is -2.60. The van der Waals surface area contributed by atoms with Gasteiger partial charge in [-0.3, -0.25) is 28.8 Å². The number of benzene rings is 1. The van der Waals surface area contributed by atoms with Crippen LogP contribution in [-0.4, -0.2) is 102 Å². The Morgan fingerprint density at radius 2 is 1.59 bits per heavy atom. The molecule has 1 aliphatic heterocycles. The smallest absolute Gasteiger partial charge is 0.408 e. The minimum atomic E-state index is -1.19. The number of hydrogen-bond acceptors (Lipinski definition) is 8. The number of likely N-dealkylation sites (tertiary alicyclic amines) is 1. The van der Waals surface area contributed by atoms with Gasteiger partial charge in [0.1, 0.15) is 17.7 Å². The Hall–Kier alpha value is -4.49. The lowest BCUT2D eigenvalue weighted by molar-refractivity contribution is -0.145. The molecule has 0 spiro atoms. The molecule has 2 aliphatic carbocycles. The molecular weight excluding hydrogens is 692 g/mol. The molecule has 14 nitrogen and oxygen atoms in total. The van der Waals surface area contributed by atoms with Crippen LogP contribution in [0.25, 0.3) is 0 Å². The van der Waals surface area contributed by atoms with E-state index in [0.29, 0.717) is 18.5 Å². The van der Waals surface area contributed by atoms with Gasteiger partial charge in [0, 0.05) is 20.6 Å². The molecule has 1 aromatic carbocycles. The second-order valence-corrected chi connectivity index (χ2v) is 16.8. The summed E-state index contributed by atoms with van der Waals surface area (Å²) in [5.41, 5.74) is -0.276. The highest BCUT2D eigenvalue weighted by Gasteiger charge is 2.69. The lowest BCUT2D eigenvalue weighted by Gasteiger charge is -2.37. The fraction of sp³-hybridized carbons (Fsp3) is 0.675. The zero-order chi connectivity index (χ0) is 40.0. The van der Waals surface area contributed by atoms with Crippen molar-refractivity contribution in [3.05, 3.63) is 35.9 Å². The van der Waals surface area contributed by atoms with Crippen molar-refractivity contribution in [3.8, 4) is 0 Å². The fourth-order valence-corrected chi connectivity index (χ4v) is 8.04. The van der Waals surface area contributed by atoms with Gasteiger partial charge in [-0.1, -0.05) is 76.8 Å². The molecule has 0 bridgehead atoms. The van der Waals surface area contributed by atoms with E-state index in [0.717, 1.165) is 32.1 Å². The van der Waals surface area contributed by atoms with Crippen molar-refractivity contribution < 1.29 is 38.3 Å². The van der Waals surface area contributed by atoms with E-state index in [1.54, 1.807) is 64.0 Å². The van der Waals surface area contributed by atoms with Crippen molar-refractivity contribution in [1.82, 2.24) is 31.1 Å². The second kappa shape index (κ2) is 17.8. The molecule has 14 heteroatoms. The molecule has 1 saturated heterocycles. The number of ketones is 1. The predicted molar refractivity (Wildman–Crippen MR) is 201 cm³/mol. The van der Waals surface area contributed by atoms with Crippen LogP contribution in [-0.2, 0) is 33.5 Å². The minimum Gasteiger partial charge on any atom is -0.444 e. The van der Waals surface area contributed by atoms with E-state index in [2.05, 4.69) is 21.3 Å². The predicted octanol–water partition coefficient (Wildman–Crippen LogP) is 3.25. The van der Waals surface area contributed by atoms with Crippen LogP contribution >= 0.6 is 0 Å². The van der Waals surface area contributed by atoms with E-state index in [4.69, 9.17) is 4.74 Å². The van der Waals surface area contributed by atoms with Crippen molar-refractivity contribution in [1.29, 1.82) is 0 Å². The van der Waals surface area contributed by atoms with Crippen LogP contribution in [0.1, 0.15) is 105 Å². The minimum absolute atomic E-state index is 0.00194. The summed E-state index contributed by atoms with van der Waals surface area (Å²) in [6.07, 6.45) is 4.37. The molecule has 6 amide bonds. The van der Waals surface area contributed by atoms with Crippen molar-refractivity contribution in [2.24, 2.45) is 23.2 Å². The molecule has 0 unspecified atom stereocenters. The zero-order valence-electron chi connectivity index (χ0n) is 33.2. The molecule has 2 saturated carbocycles. The lowest BCUT2D eigenvalue weighted by atomic mass is 9.83. The van der Waals surface area contributed by atoms with Crippen LogP contribution in [0, 0.1) is 23.2 Å². The van der Waals surface area contributed by atoms with Gasteiger partial charge >= 0.3 is 6.09 Å². The van der Waals surface area contributed by atoms with Crippen LogP contribution < -0.4 is 21.3 Å². The van der Waals surface area contributed by atoms with E-state index in [1.165, 1.54) is 4.90 Å². The maximum Gasteiger partial charge on any atom is 0.408 e. The van der Waals surface area contributed by atoms with Crippen LogP contribution in [0.3, 0.4) is 0 Å². The number of ether oxygens (including phenoxy) is 1. The third kappa shape index (κ3) is 10.6. The van der Waals surface area contributed by atoms with E-state index in [9.17, 15) is 33.6 Å². The Morgan fingerprint density at radius 3 is 2.19 bits per heavy atom. The first-order valence-corrected chi connectivity index (χ1v) is 19.3. The summed E-state index contributed by atoms with van der Waals surface area (Å²) in [7, 11) is 3.24.